The molecule has 4 heteroatoms. The smallest absolute Gasteiger partial charge is 0.221 e. The summed E-state index contributed by atoms with van der Waals surface area (Å²) in [5.41, 5.74) is 0. The molecule has 1 atom stereocenters. The Morgan fingerprint density at radius 1 is 1.29 bits per heavy atom. The molecule has 1 amide bonds. The van der Waals surface area contributed by atoms with Gasteiger partial charge in [-0.05, 0) is 38.9 Å². The number of hydrogen-bond acceptors (Lipinski definition) is 3. The molecule has 2 N–H and O–H groups in total. The Bertz CT molecular complexity index is 215. The second kappa shape index (κ2) is 8.48. The van der Waals surface area contributed by atoms with Gasteiger partial charge in [0.1, 0.15) is 0 Å². The number of hydrogen-bond donors (Lipinski definition) is 2. The van der Waals surface area contributed by atoms with Gasteiger partial charge in [0.15, 0.2) is 0 Å². The highest BCUT2D eigenvalue weighted by Gasteiger charge is 2.13. The molecule has 0 aromatic rings. The summed E-state index contributed by atoms with van der Waals surface area (Å²) in [4.78, 5) is 14.0. The first kappa shape index (κ1) is 14.5. The Kier molecular flexibility index (Phi) is 7.21. The van der Waals surface area contributed by atoms with Gasteiger partial charge < -0.3 is 15.5 Å². The monoisotopic (exact) mass is 241 g/mol. The highest BCUT2D eigenvalue weighted by Crippen LogP contribution is 2.10. The molecule has 17 heavy (non-hydrogen) atoms. The number of nitrogens with zero attached hydrogens (tertiary/aromatic N) is 1. The maximum absolute atomic E-state index is 11.4. The van der Waals surface area contributed by atoms with Gasteiger partial charge in [-0.15, -0.1) is 0 Å². The molecule has 0 saturated carbocycles. The van der Waals surface area contributed by atoms with Crippen LogP contribution in [0.5, 0.6) is 0 Å². The van der Waals surface area contributed by atoms with Crippen LogP contribution in [0.3, 0.4) is 0 Å². The van der Waals surface area contributed by atoms with E-state index >= 15 is 0 Å². The fraction of sp³-hybridized carbons (Fsp3) is 0.923. The molecule has 0 aromatic heterocycles. The van der Waals surface area contributed by atoms with Crippen LogP contribution in [-0.2, 0) is 4.79 Å². The molecular formula is C13H27N3O. The normalized spacial score (nSPS) is 18.9. The van der Waals surface area contributed by atoms with Crippen molar-refractivity contribution in [1.82, 2.24) is 15.5 Å². The van der Waals surface area contributed by atoms with Crippen molar-refractivity contribution in [3.63, 3.8) is 0 Å². The van der Waals surface area contributed by atoms with E-state index in [0.717, 1.165) is 19.6 Å². The molecule has 1 fully saturated rings. The maximum Gasteiger partial charge on any atom is 0.221 e. The van der Waals surface area contributed by atoms with Crippen molar-refractivity contribution < 1.29 is 4.79 Å². The van der Waals surface area contributed by atoms with Crippen LogP contribution in [0, 0.1) is 5.92 Å². The van der Waals surface area contributed by atoms with Crippen molar-refractivity contribution in [3.05, 3.63) is 0 Å². The van der Waals surface area contributed by atoms with Gasteiger partial charge in [0.2, 0.25) is 5.91 Å². The van der Waals surface area contributed by atoms with E-state index < -0.39 is 0 Å². The van der Waals surface area contributed by atoms with Crippen LogP contribution in [0.1, 0.15) is 32.6 Å². The Morgan fingerprint density at radius 2 is 2.00 bits per heavy atom. The SMILES string of the molecule is CNCCC(=O)NCC(C)CN1CCCCC1. The van der Waals surface area contributed by atoms with Crippen molar-refractivity contribution in [2.75, 3.05) is 39.8 Å². The lowest BCUT2D eigenvalue weighted by molar-refractivity contribution is -0.121. The van der Waals surface area contributed by atoms with E-state index in [1.165, 1.54) is 32.4 Å². The summed E-state index contributed by atoms with van der Waals surface area (Å²) in [6.07, 6.45) is 4.63. The van der Waals surface area contributed by atoms with Crippen LogP contribution in [-0.4, -0.2) is 50.6 Å². The van der Waals surface area contributed by atoms with Crippen LogP contribution in [0.25, 0.3) is 0 Å². The van der Waals surface area contributed by atoms with Crippen molar-refractivity contribution >= 4 is 5.91 Å². The number of carbonyl (C=O) groups excluding carboxylic acids is 1. The number of carbonyl (C=O) groups is 1. The number of piperidine rings is 1. The lowest BCUT2D eigenvalue weighted by Crippen LogP contribution is -2.38. The Balaban J connectivity index is 2.07. The number of amides is 1. The maximum atomic E-state index is 11.4. The first-order valence-electron chi connectivity index (χ1n) is 6.86. The molecular weight excluding hydrogens is 214 g/mol. The molecule has 0 aromatic carbocycles. The van der Waals surface area contributed by atoms with Crippen LogP contribution in [0.2, 0.25) is 0 Å². The third-order valence-electron chi connectivity index (χ3n) is 3.27. The summed E-state index contributed by atoms with van der Waals surface area (Å²) in [6, 6.07) is 0. The summed E-state index contributed by atoms with van der Waals surface area (Å²) in [6.45, 7) is 7.36. The number of rotatable bonds is 7. The van der Waals surface area contributed by atoms with Gasteiger partial charge in [0, 0.05) is 26.1 Å². The van der Waals surface area contributed by atoms with Gasteiger partial charge in [-0.1, -0.05) is 13.3 Å². The summed E-state index contributed by atoms with van der Waals surface area (Å²) in [7, 11) is 1.87. The molecule has 0 bridgehead atoms. The van der Waals surface area contributed by atoms with E-state index in [2.05, 4.69) is 22.5 Å². The fourth-order valence-corrected chi connectivity index (χ4v) is 2.26. The van der Waals surface area contributed by atoms with Crippen LogP contribution < -0.4 is 10.6 Å². The van der Waals surface area contributed by atoms with E-state index in [0.29, 0.717) is 12.3 Å². The number of likely N-dealkylation sites (tertiary alicyclic amines) is 1. The molecule has 100 valence electrons. The molecule has 0 radical (unpaired) electrons. The lowest BCUT2D eigenvalue weighted by Gasteiger charge is -2.29. The van der Waals surface area contributed by atoms with Gasteiger partial charge >= 0.3 is 0 Å². The third-order valence-corrected chi connectivity index (χ3v) is 3.27. The Morgan fingerprint density at radius 3 is 2.65 bits per heavy atom. The van der Waals surface area contributed by atoms with E-state index in [1.54, 1.807) is 0 Å². The first-order valence-corrected chi connectivity index (χ1v) is 6.86. The van der Waals surface area contributed by atoms with Gasteiger partial charge in [0.05, 0.1) is 0 Å². The summed E-state index contributed by atoms with van der Waals surface area (Å²) >= 11 is 0. The average Bonchev–Trinajstić information content (AvgIpc) is 2.35. The van der Waals surface area contributed by atoms with Gasteiger partial charge in [0.25, 0.3) is 0 Å². The van der Waals surface area contributed by atoms with Crippen molar-refractivity contribution in [2.24, 2.45) is 5.92 Å². The van der Waals surface area contributed by atoms with Crippen molar-refractivity contribution in [3.8, 4) is 0 Å². The summed E-state index contributed by atoms with van der Waals surface area (Å²) < 4.78 is 0. The van der Waals surface area contributed by atoms with Gasteiger partial charge in [-0.25, -0.2) is 0 Å². The number of nitrogens with one attached hydrogen (secondary N) is 2. The van der Waals surface area contributed by atoms with Crippen LogP contribution in [0.4, 0.5) is 0 Å². The lowest BCUT2D eigenvalue weighted by atomic mass is 10.1. The third kappa shape index (κ3) is 6.64. The molecule has 1 rings (SSSR count). The largest absolute Gasteiger partial charge is 0.356 e. The Labute approximate surface area is 105 Å². The summed E-state index contributed by atoms with van der Waals surface area (Å²) in [5.74, 6) is 0.705. The molecule has 0 spiro atoms. The minimum atomic E-state index is 0.157. The highest BCUT2D eigenvalue weighted by atomic mass is 16.1. The zero-order valence-electron chi connectivity index (χ0n) is 11.3. The fourth-order valence-electron chi connectivity index (χ4n) is 2.26. The van der Waals surface area contributed by atoms with E-state index in [9.17, 15) is 4.79 Å². The van der Waals surface area contributed by atoms with E-state index in [-0.39, 0.29) is 5.91 Å². The zero-order valence-corrected chi connectivity index (χ0v) is 11.3. The minimum Gasteiger partial charge on any atom is -0.356 e. The Hall–Kier alpha value is -0.610. The van der Waals surface area contributed by atoms with Gasteiger partial charge in [-0.2, -0.15) is 0 Å². The summed E-state index contributed by atoms with van der Waals surface area (Å²) in [5, 5.41) is 5.98. The van der Waals surface area contributed by atoms with E-state index in [4.69, 9.17) is 0 Å². The molecule has 1 heterocycles. The first-order chi connectivity index (χ1) is 8.22. The molecule has 1 aliphatic heterocycles. The van der Waals surface area contributed by atoms with Crippen molar-refractivity contribution in [2.45, 2.75) is 32.6 Å². The molecule has 1 saturated heterocycles. The quantitative estimate of drug-likeness (QED) is 0.694. The molecule has 0 aliphatic carbocycles. The molecule has 1 aliphatic rings. The highest BCUT2D eigenvalue weighted by molar-refractivity contribution is 5.76. The predicted molar refractivity (Wildman–Crippen MR) is 71.0 cm³/mol. The standard InChI is InChI=1S/C13H27N3O/c1-12(10-15-13(17)6-7-14-2)11-16-8-4-3-5-9-16/h12,14H,3-11H2,1-2H3,(H,15,17). The van der Waals surface area contributed by atoms with Crippen molar-refractivity contribution in [1.29, 1.82) is 0 Å². The van der Waals surface area contributed by atoms with Crippen LogP contribution >= 0.6 is 0 Å². The van der Waals surface area contributed by atoms with Gasteiger partial charge in [-0.3, -0.25) is 4.79 Å². The molecule has 1 unspecified atom stereocenters. The second-order valence-corrected chi connectivity index (χ2v) is 5.12. The topological polar surface area (TPSA) is 44.4 Å². The van der Waals surface area contributed by atoms with E-state index in [1.807, 2.05) is 7.05 Å². The second-order valence-electron chi connectivity index (χ2n) is 5.12. The van der Waals surface area contributed by atoms with Crippen LogP contribution in [0.15, 0.2) is 0 Å². The molecule has 4 nitrogen and oxygen atoms in total. The minimum absolute atomic E-state index is 0.157. The average molecular weight is 241 g/mol. The zero-order chi connectivity index (χ0) is 12.5. The predicted octanol–water partition coefficient (Wildman–Crippen LogP) is 0.834.